The summed E-state index contributed by atoms with van der Waals surface area (Å²) in [6.07, 6.45) is 0.335. The van der Waals surface area contributed by atoms with E-state index in [1.165, 1.54) is 0 Å². The quantitative estimate of drug-likeness (QED) is 0.899. The van der Waals surface area contributed by atoms with Gasteiger partial charge in [0.25, 0.3) is 5.91 Å². The minimum absolute atomic E-state index is 0.0460. The van der Waals surface area contributed by atoms with Crippen molar-refractivity contribution in [2.45, 2.75) is 19.4 Å². The van der Waals surface area contributed by atoms with E-state index in [4.69, 9.17) is 16.3 Å². The van der Waals surface area contributed by atoms with Crippen molar-refractivity contribution in [3.63, 3.8) is 0 Å². The molecule has 21 heavy (non-hydrogen) atoms. The lowest BCUT2D eigenvalue weighted by Gasteiger charge is -2.16. The molecule has 0 spiro atoms. The number of rotatable bonds is 5. The molecule has 0 aromatic heterocycles. The predicted octanol–water partition coefficient (Wildman–Crippen LogP) is 1.63. The zero-order chi connectivity index (χ0) is 15.4. The van der Waals surface area contributed by atoms with Crippen LogP contribution in [0.2, 0.25) is 5.02 Å². The molecule has 0 aliphatic carbocycles. The number of hydrogen-bond acceptors (Lipinski definition) is 3. The van der Waals surface area contributed by atoms with E-state index in [2.05, 4.69) is 5.32 Å². The summed E-state index contributed by atoms with van der Waals surface area (Å²) in [4.78, 5) is 25.7. The number of amides is 2. The number of nitrogens with one attached hydrogen (secondary N) is 1. The van der Waals surface area contributed by atoms with Gasteiger partial charge in [0.05, 0.1) is 12.6 Å². The van der Waals surface area contributed by atoms with Gasteiger partial charge < -0.3 is 15.0 Å². The SMILES string of the molecule is COCCN1C[C@H](NC(=O)c2ccc(Cl)c(C)c2)CC1=O. The Labute approximate surface area is 129 Å². The van der Waals surface area contributed by atoms with Crippen molar-refractivity contribution in [2.24, 2.45) is 0 Å². The molecule has 114 valence electrons. The van der Waals surface area contributed by atoms with Crippen molar-refractivity contribution in [3.05, 3.63) is 34.3 Å². The van der Waals surface area contributed by atoms with Gasteiger partial charge in [0.2, 0.25) is 5.91 Å². The van der Waals surface area contributed by atoms with E-state index in [1.807, 2.05) is 6.92 Å². The number of ether oxygens (including phenoxy) is 1. The van der Waals surface area contributed by atoms with Crippen molar-refractivity contribution < 1.29 is 14.3 Å². The number of aryl methyl sites for hydroxylation is 1. The second-order valence-corrected chi connectivity index (χ2v) is 5.58. The van der Waals surface area contributed by atoms with E-state index in [9.17, 15) is 9.59 Å². The van der Waals surface area contributed by atoms with Crippen LogP contribution in [0.5, 0.6) is 0 Å². The highest BCUT2D eigenvalue weighted by Crippen LogP contribution is 2.17. The van der Waals surface area contributed by atoms with Crippen molar-refractivity contribution >= 4 is 23.4 Å². The Hall–Kier alpha value is -1.59. The number of benzene rings is 1. The number of carbonyl (C=O) groups excluding carboxylic acids is 2. The van der Waals surface area contributed by atoms with Crippen LogP contribution in [0, 0.1) is 6.92 Å². The minimum Gasteiger partial charge on any atom is -0.383 e. The molecule has 2 rings (SSSR count). The van der Waals surface area contributed by atoms with Gasteiger partial charge in [-0.2, -0.15) is 0 Å². The van der Waals surface area contributed by atoms with Crippen LogP contribution in [-0.2, 0) is 9.53 Å². The molecule has 2 amide bonds. The highest BCUT2D eigenvalue weighted by atomic mass is 35.5. The van der Waals surface area contributed by atoms with Crippen molar-refractivity contribution in [1.82, 2.24) is 10.2 Å². The number of nitrogens with zero attached hydrogens (tertiary/aromatic N) is 1. The molecule has 0 radical (unpaired) electrons. The number of halogens is 1. The van der Waals surface area contributed by atoms with E-state index in [1.54, 1.807) is 30.2 Å². The predicted molar refractivity (Wildman–Crippen MR) is 80.5 cm³/mol. The smallest absolute Gasteiger partial charge is 0.251 e. The molecule has 1 saturated heterocycles. The molecule has 1 N–H and O–H groups in total. The molecule has 1 aliphatic heterocycles. The highest BCUT2D eigenvalue weighted by molar-refractivity contribution is 6.31. The summed E-state index contributed by atoms with van der Waals surface area (Å²) in [7, 11) is 1.60. The highest BCUT2D eigenvalue weighted by Gasteiger charge is 2.30. The summed E-state index contributed by atoms with van der Waals surface area (Å²) < 4.78 is 4.97. The lowest BCUT2D eigenvalue weighted by atomic mass is 10.1. The summed E-state index contributed by atoms with van der Waals surface area (Å²) in [5, 5.41) is 3.53. The summed E-state index contributed by atoms with van der Waals surface area (Å²) in [5.74, 6) is -0.134. The van der Waals surface area contributed by atoms with Gasteiger partial charge in [-0.1, -0.05) is 11.6 Å². The molecule has 5 nitrogen and oxygen atoms in total. The van der Waals surface area contributed by atoms with Crippen LogP contribution in [0.1, 0.15) is 22.3 Å². The lowest BCUT2D eigenvalue weighted by Crippen LogP contribution is -2.37. The van der Waals surface area contributed by atoms with Crippen LogP contribution < -0.4 is 5.32 Å². The van der Waals surface area contributed by atoms with Crippen LogP contribution in [0.3, 0.4) is 0 Å². The van der Waals surface area contributed by atoms with Gasteiger partial charge >= 0.3 is 0 Å². The molecule has 1 aliphatic rings. The fraction of sp³-hybridized carbons (Fsp3) is 0.467. The maximum atomic E-state index is 12.2. The largest absolute Gasteiger partial charge is 0.383 e. The molecule has 1 heterocycles. The third-order valence-electron chi connectivity index (χ3n) is 3.54. The summed E-state index contributed by atoms with van der Waals surface area (Å²) >= 11 is 5.95. The standard InChI is InChI=1S/C15H19ClN2O3/c1-10-7-11(3-4-13(10)16)15(20)17-12-8-14(19)18(9-12)5-6-21-2/h3-4,7,12H,5-6,8-9H2,1-2H3,(H,17,20)/t12-/m1/s1. The van der Waals surface area contributed by atoms with Crippen molar-refractivity contribution in [3.8, 4) is 0 Å². The van der Waals surface area contributed by atoms with Gasteiger partial charge in [-0.05, 0) is 30.7 Å². The first kappa shape index (κ1) is 15.8. The van der Waals surface area contributed by atoms with Crippen LogP contribution in [0.15, 0.2) is 18.2 Å². The van der Waals surface area contributed by atoms with Gasteiger partial charge in [-0.25, -0.2) is 0 Å². The monoisotopic (exact) mass is 310 g/mol. The molecule has 1 aromatic rings. The fourth-order valence-electron chi connectivity index (χ4n) is 2.34. The maximum absolute atomic E-state index is 12.2. The number of likely N-dealkylation sites (tertiary alicyclic amines) is 1. The maximum Gasteiger partial charge on any atom is 0.251 e. The number of carbonyl (C=O) groups is 2. The van der Waals surface area contributed by atoms with E-state index < -0.39 is 0 Å². The minimum atomic E-state index is -0.179. The third-order valence-corrected chi connectivity index (χ3v) is 3.96. The molecule has 1 fully saturated rings. The average molecular weight is 311 g/mol. The second-order valence-electron chi connectivity index (χ2n) is 5.17. The van der Waals surface area contributed by atoms with Crippen molar-refractivity contribution in [2.75, 3.05) is 26.8 Å². The first-order chi connectivity index (χ1) is 10.0. The zero-order valence-electron chi connectivity index (χ0n) is 12.2. The molecule has 6 heteroatoms. The second kappa shape index (κ2) is 6.91. The lowest BCUT2D eigenvalue weighted by molar-refractivity contribution is -0.128. The fourth-order valence-corrected chi connectivity index (χ4v) is 2.46. The first-order valence-corrected chi connectivity index (χ1v) is 7.22. The van der Waals surface area contributed by atoms with Crippen LogP contribution in [-0.4, -0.2) is 49.6 Å². The Morgan fingerprint density at radius 1 is 1.52 bits per heavy atom. The number of hydrogen-bond donors (Lipinski definition) is 1. The van der Waals surface area contributed by atoms with Crippen LogP contribution >= 0.6 is 11.6 Å². The molecular formula is C15H19ClN2O3. The van der Waals surface area contributed by atoms with Crippen LogP contribution in [0.4, 0.5) is 0 Å². The topological polar surface area (TPSA) is 58.6 Å². The normalized spacial score (nSPS) is 18.1. The van der Waals surface area contributed by atoms with Crippen molar-refractivity contribution in [1.29, 1.82) is 0 Å². The molecule has 1 atom stereocenters. The van der Waals surface area contributed by atoms with Gasteiger partial charge in [0.15, 0.2) is 0 Å². The van der Waals surface area contributed by atoms with Crippen LogP contribution in [0.25, 0.3) is 0 Å². The van der Waals surface area contributed by atoms with Gasteiger partial charge in [-0.15, -0.1) is 0 Å². The van der Waals surface area contributed by atoms with E-state index >= 15 is 0 Å². The molecule has 0 bridgehead atoms. The van der Waals surface area contributed by atoms with E-state index in [0.717, 1.165) is 5.56 Å². The van der Waals surface area contributed by atoms with E-state index in [0.29, 0.717) is 36.7 Å². The Morgan fingerprint density at radius 3 is 2.95 bits per heavy atom. The third kappa shape index (κ3) is 3.95. The average Bonchev–Trinajstić information content (AvgIpc) is 2.79. The summed E-state index contributed by atoms with van der Waals surface area (Å²) in [6, 6.07) is 4.98. The molecule has 0 saturated carbocycles. The Morgan fingerprint density at radius 2 is 2.29 bits per heavy atom. The summed E-state index contributed by atoms with van der Waals surface area (Å²) in [5.41, 5.74) is 1.41. The summed E-state index contributed by atoms with van der Waals surface area (Å²) in [6.45, 7) is 3.44. The molecular weight excluding hydrogens is 292 g/mol. The van der Waals surface area contributed by atoms with Gasteiger partial charge in [0.1, 0.15) is 0 Å². The first-order valence-electron chi connectivity index (χ1n) is 6.85. The van der Waals surface area contributed by atoms with Gasteiger partial charge in [-0.3, -0.25) is 9.59 Å². The zero-order valence-corrected chi connectivity index (χ0v) is 12.9. The van der Waals surface area contributed by atoms with E-state index in [-0.39, 0.29) is 17.9 Å². The van der Waals surface area contributed by atoms with Gasteiger partial charge in [0, 0.05) is 37.2 Å². The molecule has 1 aromatic carbocycles. The Kier molecular flexibility index (Phi) is 5.20. The Bertz CT molecular complexity index is 548. The molecule has 0 unspecified atom stereocenters. The number of methoxy groups -OCH3 is 1. The Balaban J connectivity index is 1.94.